The normalized spacial score (nSPS) is 14.6. The molecule has 0 spiro atoms. The van der Waals surface area contributed by atoms with Crippen molar-refractivity contribution in [2.24, 2.45) is 5.41 Å². The summed E-state index contributed by atoms with van der Waals surface area (Å²) < 4.78 is 5.13. The van der Waals surface area contributed by atoms with Crippen LogP contribution in [0.3, 0.4) is 0 Å². The zero-order chi connectivity index (χ0) is 17.2. The van der Waals surface area contributed by atoms with Crippen molar-refractivity contribution >= 4 is 34.8 Å². The highest BCUT2D eigenvalue weighted by molar-refractivity contribution is 6.34. The molecule has 0 bridgehead atoms. The molecular weight excluding hydrogens is 328 g/mol. The lowest BCUT2D eigenvalue weighted by Gasteiger charge is -2.16. The van der Waals surface area contributed by atoms with E-state index in [9.17, 15) is 9.59 Å². The maximum atomic E-state index is 12.6. The Morgan fingerprint density at radius 1 is 1.04 bits per heavy atom. The summed E-state index contributed by atoms with van der Waals surface area (Å²) in [7, 11) is 1.56. The smallest absolute Gasteiger partial charge is 0.240 e. The molecule has 0 aromatic heterocycles. The molecule has 2 aromatic rings. The lowest BCUT2D eigenvalue weighted by atomic mass is 10.0. The average Bonchev–Trinajstić information content (AvgIpc) is 3.39. The minimum atomic E-state index is -1.04. The van der Waals surface area contributed by atoms with Gasteiger partial charge in [0.2, 0.25) is 11.8 Å². The fourth-order valence-corrected chi connectivity index (χ4v) is 2.62. The molecule has 1 fully saturated rings. The number of anilines is 2. The number of benzene rings is 2. The van der Waals surface area contributed by atoms with Gasteiger partial charge in [0.15, 0.2) is 0 Å². The van der Waals surface area contributed by atoms with Crippen LogP contribution in [0.2, 0.25) is 5.02 Å². The summed E-state index contributed by atoms with van der Waals surface area (Å²) in [5, 5.41) is 5.97. The van der Waals surface area contributed by atoms with Gasteiger partial charge >= 0.3 is 0 Å². The number of rotatable bonds is 5. The number of carbonyl (C=O) groups excluding carboxylic acids is 2. The fourth-order valence-electron chi connectivity index (χ4n) is 2.44. The molecule has 24 heavy (non-hydrogen) atoms. The number of amides is 2. The maximum absolute atomic E-state index is 12.6. The second kappa shape index (κ2) is 6.53. The summed E-state index contributed by atoms with van der Waals surface area (Å²) in [6, 6.07) is 14.0. The first kappa shape index (κ1) is 16.3. The lowest BCUT2D eigenvalue weighted by molar-refractivity contribution is -0.131. The fraction of sp³-hybridized carbons (Fsp3) is 0.222. The number of nitrogens with one attached hydrogen (secondary N) is 2. The monoisotopic (exact) mass is 344 g/mol. The number of halogens is 1. The maximum Gasteiger partial charge on any atom is 0.240 e. The highest BCUT2D eigenvalue weighted by Crippen LogP contribution is 2.47. The molecule has 1 saturated carbocycles. The molecule has 0 unspecified atom stereocenters. The third-order valence-corrected chi connectivity index (χ3v) is 4.40. The van der Waals surface area contributed by atoms with Crippen LogP contribution in [-0.4, -0.2) is 18.9 Å². The van der Waals surface area contributed by atoms with E-state index in [1.165, 1.54) is 0 Å². The van der Waals surface area contributed by atoms with Crippen molar-refractivity contribution in [3.63, 3.8) is 0 Å². The van der Waals surface area contributed by atoms with Gasteiger partial charge in [-0.3, -0.25) is 9.59 Å². The lowest BCUT2D eigenvalue weighted by Crippen LogP contribution is -2.35. The van der Waals surface area contributed by atoms with Gasteiger partial charge in [-0.05, 0) is 37.1 Å². The number of ether oxygens (including phenoxy) is 1. The molecule has 0 saturated heterocycles. The van der Waals surface area contributed by atoms with Gasteiger partial charge in [-0.25, -0.2) is 0 Å². The van der Waals surface area contributed by atoms with Crippen LogP contribution >= 0.6 is 11.6 Å². The minimum Gasteiger partial charge on any atom is -0.497 e. The molecule has 124 valence electrons. The van der Waals surface area contributed by atoms with Crippen LogP contribution in [0.1, 0.15) is 12.8 Å². The van der Waals surface area contributed by atoms with E-state index >= 15 is 0 Å². The second-order valence-corrected chi connectivity index (χ2v) is 6.11. The number of carbonyl (C=O) groups is 2. The van der Waals surface area contributed by atoms with Gasteiger partial charge in [0.25, 0.3) is 0 Å². The van der Waals surface area contributed by atoms with Crippen molar-refractivity contribution in [1.82, 2.24) is 0 Å². The van der Waals surface area contributed by atoms with Gasteiger partial charge in [-0.1, -0.05) is 29.8 Å². The van der Waals surface area contributed by atoms with Crippen molar-refractivity contribution in [1.29, 1.82) is 0 Å². The quantitative estimate of drug-likeness (QED) is 0.812. The zero-order valence-corrected chi connectivity index (χ0v) is 13.9. The van der Waals surface area contributed by atoms with E-state index in [2.05, 4.69) is 10.6 Å². The zero-order valence-electron chi connectivity index (χ0n) is 13.1. The number of hydrogen-bond acceptors (Lipinski definition) is 3. The van der Waals surface area contributed by atoms with Gasteiger partial charge in [-0.2, -0.15) is 0 Å². The highest BCUT2D eigenvalue weighted by Gasteiger charge is 2.56. The van der Waals surface area contributed by atoms with E-state index in [0.717, 1.165) is 0 Å². The molecule has 3 rings (SSSR count). The summed E-state index contributed by atoms with van der Waals surface area (Å²) >= 11 is 6.05. The molecule has 1 aliphatic rings. The van der Waals surface area contributed by atoms with Crippen LogP contribution < -0.4 is 15.4 Å². The molecule has 1 aliphatic carbocycles. The van der Waals surface area contributed by atoms with Gasteiger partial charge < -0.3 is 15.4 Å². The van der Waals surface area contributed by atoms with Crippen LogP contribution in [0, 0.1) is 5.41 Å². The Labute approximate surface area is 145 Å². The first-order chi connectivity index (χ1) is 11.5. The summed E-state index contributed by atoms with van der Waals surface area (Å²) in [6.45, 7) is 0. The summed E-state index contributed by atoms with van der Waals surface area (Å²) in [4.78, 5) is 25.1. The van der Waals surface area contributed by atoms with Crippen molar-refractivity contribution in [2.45, 2.75) is 12.8 Å². The Kier molecular flexibility index (Phi) is 4.44. The molecule has 2 aromatic carbocycles. The van der Waals surface area contributed by atoms with Crippen molar-refractivity contribution < 1.29 is 14.3 Å². The van der Waals surface area contributed by atoms with Crippen LogP contribution in [0.15, 0.2) is 48.5 Å². The molecule has 0 heterocycles. The Bertz CT molecular complexity index is 787. The Morgan fingerprint density at radius 2 is 1.75 bits per heavy atom. The SMILES string of the molecule is COc1cccc(NC(=O)C2(C(=O)Nc3ccccc3Cl)CC2)c1. The van der Waals surface area contributed by atoms with Gasteiger partial charge in [0, 0.05) is 11.8 Å². The third kappa shape index (κ3) is 3.21. The van der Waals surface area contributed by atoms with E-state index in [4.69, 9.17) is 16.3 Å². The number of hydrogen-bond donors (Lipinski definition) is 2. The van der Waals surface area contributed by atoms with Gasteiger partial charge in [0.1, 0.15) is 11.2 Å². The Hall–Kier alpha value is -2.53. The van der Waals surface area contributed by atoms with E-state index in [1.807, 2.05) is 0 Å². The largest absolute Gasteiger partial charge is 0.497 e. The van der Waals surface area contributed by atoms with Crippen LogP contribution in [0.4, 0.5) is 11.4 Å². The van der Waals surface area contributed by atoms with Gasteiger partial charge in [-0.15, -0.1) is 0 Å². The molecular formula is C18H17ClN2O3. The van der Waals surface area contributed by atoms with E-state index in [1.54, 1.807) is 55.6 Å². The second-order valence-electron chi connectivity index (χ2n) is 5.70. The van der Waals surface area contributed by atoms with E-state index < -0.39 is 5.41 Å². The molecule has 2 N–H and O–H groups in total. The summed E-state index contributed by atoms with van der Waals surface area (Å²) in [5.41, 5.74) is 0.0585. The van der Waals surface area contributed by atoms with Crippen molar-refractivity contribution in [3.8, 4) is 5.75 Å². The summed E-state index contributed by atoms with van der Waals surface area (Å²) in [6.07, 6.45) is 1.03. The topological polar surface area (TPSA) is 67.4 Å². The van der Waals surface area contributed by atoms with E-state index in [0.29, 0.717) is 35.0 Å². The standard InChI is InChI=1S/C18H17ClN2O3/c1-24-13-6-4-5-12(11-13)20-16(22)18(9-10-18)17(23)21-15-8-3-2-7-14(15)19/h2-8,11H,9-10H2,1H3,(H,20,22)(H,21,23). The number of methoxy groups -OCH3 is 1. The van der Waals surface area contributed by atoms with E-state index in [-0.39, 0.29) is 11.8 Å². The van der Waals surface area contributed by atoms with Crippen LogP contribution in [0.25, 0.3) is 0 Å². The Morgan fingerprint density at radius 3 is 2.42 bits per heavy atom. The van der Waals surface area contributed by atoms with Crippen molar-refractivity contribution in [2.75, 3.05) is 17.7 Å². The van der Waals surface area contributed by atoms with Gasteiger partial charge in [0.05, 0.1) is 17.8 Å². The predicted octanol–water partition coefficient (Wildman–Crippen LogP) is 3.71. The first-order valence-electron chi connectivity index (χ1n) is 7.57. The predicted molar refractivity (Wildman–Crippen MR) is 93.4 cm³/mol. The molecule has 2 amide bonds. The highest BCUT2D eigenvalue weighted by atomic mass is 35.5. The summed E-state index contributed by atoms with van der Waals surface area (Å²) in [5.74, 6) is -0.0190. The molecule has 0 aliphatic heterocycles. The molecule has 6 heteroatoms. The first-order valence-corrected chi connectivity index (χ1v) is 7.94. The minimum absolute atomic E-state index is 0.319. The number of para-hydroxylation sites is 1. The molecule has 0 radical (unpaired) electrons. The molecule has 5 nitrogen and oxygen atoms in total. The van der Waals surface area contributed by atoms with Crippen LogP contribution in [-0.2, 0) is 9.59 Å². The average molecular weight is 345 g/mol. The third-order valence-electron chi connectivity index (χ3n) is 4.07. The molecule has 0 atom stereocenters. The Balaban J connectivity index is 1.72. The van der Waals surface area contributed by atoms with Crippen molar-refractivity contribution in [3.05, 3.63) is 53.6 Å². The van der Waals surface area contributed by atoms with Crippen LogP contribution in [0.5, 0.6) is 5.75 Å².